The second kappa shape index (κ2) is 15.3. The first-order valence-electron chi connectivity index (χ1n) is 17.6. The maximum Gasteiger partial charge on any atom is 0.261 e. The zero-order chi connectivity index (χ0) is 37.8. The Morgan fingerprint density at radius 1 is 0.868 bits per heavy atom. The van der Waals surface area contributed by atoms with Crippen LogP contribution in [0.15, 0.2) is 81.8 Å². The maximum atomic E-state index is 12.5. The van der Waals surface area contributed by atoms with Crippen LogP contribution >= 0.6 is 0 Å². The van der Waals surface area contributed by atoms with Gasteiger partial charge in [0.25, 0.3) is 11.8 Å². The summed E-state index contributed by atoms with van der Waals surface area (Å²) >= 11 is 0. The molecule has 13 nitrogen and oxygen atoms in total. The molecule has 0 bridgehead atoms. The summed E-state index contributed by atoms with van der Waals surface area (Å²) < 4.78 is 22.1. The number of nitrogens with zero attached hydrogens (tertiary/aromatic N) is 5. The minimum atomic E-state index is -1.13. The molecule has 0 saturated heterocycles. The van der Waals surface area contributed by atoms with E-state index in [1.54, 1.807) is 52.0 Å². The first-order valence-corrected chi connectivity index (χ1v) is 17.6. The van der Waals surface area contributed by atoms with Gasteiger partial charge < -0.3 is 29.6 Å². The number of benzene rings is 3. The number of primary amides is 1. The molecule has 0 aliphatic heterocycles. The lowest BCUT2D eigenvalue weighted by Gasteiger charge is -2.23. The monoisotopic (exact) mass is 717 g/mol. The van der Waals surface area contributed by atoms with Crippen LogP contribution in [0.5, 0.6) is 11.5 Å². The summed E-state index contributed by atoms with van der Waals surface area (Å²) in [4.78, 5) is 32.7. The normalized spacial score (nSPS) is 14.6. The molecule has 0 radical (unpaired) electrons. The zero-order valence-corrected chi connectivity index (χ0v) is 30.5. The molecule has 5 aromatic rings. The maximum absolute atomic E-state index is 12.5. The first kappa shape index (κ1) is 36.8. The van der Waals surface area contributed by atoms with Crippen molar-refractivity contribution in [3.8, 4) is 40.3 Å². The first-order chi connectivity index (χ1) is 25.3. The van der Waals surface area contributed by atoms with E-state index in [1.165, 1.54) is 5.56 Å². The number of nitriles is 1. The van der Waals surface area contributed by atoms with Gasteiger partial charge in [-0.25, -0.2) is 0 Å². The van der Waals surface area contributed by atoms with Crippen molar-refractivity contribution in [3.05, 3.63) is 95.7 Å². The summed E-state index contributed by atoms with van der Waals surface area (Å²) in [5.41, 5.74) is 7.29. The van der Waals surface area contributed by atoms with Crippen molar-refractivity contribution in [3.63, 3.8) is 0 Å². The number of ether oxygens (including phenoxy) is 2. The van der Waals surface area contributed by atoms with Crippen LogP contribution in [0.1, 0.15) is 82.2 Å². The second-order valence-corrected chi connectivity index (χ2v) is 14.5. The summed E-state index contributed by atoms with van der Waals surface area (Å²) in [6.07, 6.45) is 4.11. The molecule has 53 heavy (non-hydrogen) atoms. The van der Waals surface area contributed by atoms with E-state index in [2.05, 4.69) is 62.9 Å². The lowest BCUT2D eigenvalue weighted by Crippen LogP contribution is -2.44. The van der Waals surface area contributed by atoms with E-state index in [-0.39, 0.29) is 17.7 Å². The fourth-order valence-corrected chi connectivity index (χ4v) is 5.26. The largest absolute Gasteiger partial charge is 0.489 e. The van der Waals surface area contributed by atoms with Crippen LogP contribution in [0.25, 0.3) is 22.8 Å². The topological polar surface area (TPSA) is 192 Å². The Morgan fingerprint density at radius 2 is 1.45 bits per heavy atom. The number of hydrogen-bond donors (Lipinski definition) is 2. The SMILES string of the molecule is CC(C)(Oc1ccc(-c2noc(C(C)(C)NC(=O)C(C#N)C3CC3)n2)cc1)C(N)=O.Cc1ccc(COc2ccc(-c3noc(C4CC4)n3)cc2)cc1. The number of aryl methyl sites for hydroxylation is 1. The fraction of sp³-hybridized carbons (Fsp3) is 0.375. The third kappa shape index (κ3) is 9.45. The van der Waals surface area contributed by atoms with Crippen molar-refractivity contribution >= 4 is 11.8 Å². The number of carbonyl (C=O) groups excluding carboxylic acids is 2. The van der Waals surface area contributed by atoms with E-state index in [0.717, 1.165) is 48.5 Å². The third-order valence-electron chi connectivity index (χ3n) is 9.00. The van der Waals surface area contributed by atoms with Crippen molar-refractivity contribution in [1.82, 2.24) is 25.6 Å². The van der Waals surface area contributed by atoms with E-state index in [1.807, 2.05) is 24.3 Å². The summed E-state index contributed by atoms with van der Waals surface area (Å²) in [5.74, 6) is 2.34. The van der Waals surface area contributed by atoms with E-state index >= 15 is 0 Å². The van der Waals surface area contributed by atoms with E-state index in [9.17, 15) is 14.9 Å². The zero-order valence-electron chi connectivity index (χ0n) is 30.5. The molecule has 2 aromatic heterocycles. The van der Waals surface area contributed by atoms with Crippen molar-refractivity contribution < 1.29 is 28.1 Å². The highest BCUT2D eigenvalue weighted by Gasteiger charge is 2.40. The van der Waals surface area contributed by atoms with Crippen LogP contribution in [-0.4, -0.2) is 37.7 Å². The Bertz CT molecular complexity index is 2070. The number of nitrogens with two attached hydrogens (primary N) is 1. The average molecular weight is 718 g/mol. The molecule has 2 heterocycles. The molecule has 13 heteroatoms. The number of aromatic nitrogens is 4. The molecule has 3 N–H and O–H groups in total. The van der Waals surface area contributed by atoms with Gasteiger partial charge in [-0.2, -0.15) is 15.2 Å². The van der Waals surface area contributed by atoms with Gasteiger partial charge in [-0.15, -0.1) is 0 Å². The molecule has 1 unspecified atom stereocenters. The molecular weight excluding hydrogens is 674 g/mol. The molecule has 7 rings (SSSR count). The molecule has 2 aliphatic carbocycles. The van der Waals surface area contributed by atoms with E-state index in [0.29, 0.717) is 35.5 Å². The summed E-state index contributed by atoms with van der Waals surface area (Å²) in [6, 6.07) is 25.1. The number of carbonyl (C=O) groups is 2. The van der Waals surface area contributed by atoms with Gasteiger partial charge in [0, 0.05) is 17.0 Å². The molecule has 2 fully saturated rings. The number of rotatable bonds is 13. The van der Waals surface area contributed by atoms with Crippen molar-refractivity contribution in [1.29, 1.82) is 5.26 Å². The van der Waals surface area contributed by atoms with Gasteiger partial charge in [-0.05, 0) is 120 Å². The fourth-order valence-electron chi connectivity index (χ4n) is 5.26. The van der Waals surface area contributed by atoms with Gasteiger partial charge in [-0.1, -0.05) is 40.1 Å². The molecule has 3 aromatic carbocycles. The van der Waals surface area contributed by atoms with Gasteiger partial charge in [0.15, 0.2) is 5.60 Å². The molecule has 0 spiro atoms. The molecular formula is C40H43N7O6. The molecule has 2 aliphatic rings. The minimum Gasteiger partial charge on any atom is -0.489 e. The minimum absolute atomic E-state index is 0.129. The van der Waals surface area contributed by atoms with E-state index < -0.39 is 23.0 Å². The summed E-state index contributed by atoms with van der Waals surface area (Å²) in [6.45, 7) is 9.30. The predicted octanol–water partition coefficient (Wildman–Crippen LogP) is 6.78. The lowest BCUT2D eigenvalue weighted by atomic mass is 10.0. The standard InChI is InChI=1S/C21H25N5O4.C19H18N2O2/c1-20(2,25-17(27)15(11-22)12-5-6-12)19-24-16(26-30-19)13-7-9-14(10-8-13)29-21(3,4)18(23)28;1-13-2-4-14(5-3-13)12-22-17-10-8-15(9-11-17)18-20-19(23-21-18)16-6-7-16/h7-10,12,15H,5-6H2,1-4H3,(H2,23,28)(H,25,27);2-5,8-11,16H,6-7,12H2,1H3. The molecule has 2 amide bonds. The van der Waals surface area contributed by atoms with Crippen LogP contribution in [-0.2, 0) is 21.7 Å². The highest BCUT2D eigenvalue weighted by molar-refractivity contribution is 5.83. The predicted molar refractivity (Wildman–Crippen MR) is 194 cm³/mol. The Kier molecular flexibility index (Phi) is 10.6. The Balaban J connectivity index is 0.000000187. The van der Waals surface area contributed by atoms with Gasteiger partial charge in [-0.3, -0.25) is 9.59 Å². The number of amides is 2. The summed E-state index contributed by atoms with van der Waals surface area (Å²) in [7, 11) is 0. The smallest absolute Gasteiger partial charge is 0.261 e. The van der Waals surface area contributed by atoms with Crippen molar-refractivity contribution in [2.24, 2.45) is 17.6 Å². The van der Waals surface area contributed by atoms with Gasteiger partial charge in [0.1, 0.15) is 29.6 Å². The van der Waals surface area contributed by atoms with Crippen LogP contribution in [0.3, 0.4) is 0 Å². The Morgan fingerprint density at radius 3 is 2.02 bits per heavy atom. The average Bonchev–Trinajstić information content (AvgIpc) is 4.06. The molecule has 274 valence electrons. The number of nitrogens with one attached hydrogen (secondary N) is 1. The molecule has 1 atom stereocenters. The van der Waals surface area contributed by atoms with Gasteiger partial charge in [0.05, 0.1) is 6.07 Å². The third-order valence-corrected chi connectivity index (χ3v) is 9.00. The van der Waals surface area contributed by atoms with Crippen molar-refractivity contribution in [2.75, 3.05) is 0 Å². The van der Waals surface area contributed by atoms with Crippen molar-refractivity contribution in [2.45, 2.75) is 84.0 Å². The molecule has 2 saturated carbocycles. The Labute approximate surface area is 307 Å². The van der Waals surface area contributed by atoms with Crippen LogP contribution in [0.2, 0.25) is 0 Å². The lowest BCUT2D eigenvalue weighted by molar-refractivity contribution is -0.130. The van der Waals surface area contributed by atoms with Gasteiger partial charge >= 0.3 is 0 Å². The quantitative estimate of drug-likeness (QED) is 0.130. The number of hydrogen-bond acceptors (Lipinski definition) is 11. The van der Waals surface area contributed by atoms with Crippen LogP contribution in [0, 0.1) is 30.1 Å². The Hall–Kier alpha value is -6.03. The van der Waals surface area contributed by atoms with Crippen LogP contribution in [0.4, 0.5) is 0 Å². The van der Waals surface area contributed by atoms with Crippen LogP contribution < -0.4 is 20.5 Å². The second-order valence-electron chi connectivity index (χ2n) is 14.5. The van der Waals surface area contributed by atoms with E-state index in [4.69, 9.17) is 24.3 Å². The summed E-state index contributed by atoms with van der Waals surface area (Å²) in [5, 5.41) is 20.1. The van der Waals surface area contributed by atoms with Gasteiger partial charge in [0.2, 0.25) is 23.4 Å². The highest BCUT2D eigenvalue weighted by Crippen LogP contribution is 2.40. The highest BCUT2D eigenvalue weighted by atomic mass is 16.5.